The van der Waals surface area contributed by atoms with Gasteiger partial charge in [0.05, 0.1) is 15.7 Å². The number of anilines is 1. The molecule has 3 N–H and O–H groups in total. The fourth-order valence-corrected chi connectivity index (χ4v) is 2.81. The van der Waals surface area contributed by atoms with Crippen LogP contribution in [0.1, 0.15) is 34.9 Å². The average Bonchev–Trinajstić information content (AvgIpc) is 3.15. The third kappa shape index (κ3) is 3.26. The molecular weight excluding hydrogens is 335 g/mol. The average molecular weight is 346 g/mol. The molecule has 0 unspecified atom stereocenters. The number of aromatic amines is 1. The minimum absolute atomic E-state index is 0.311. The van der Waals surface area contributed by atoms with Gasteiger partial charge in [0.25, 0.3) is 5.91 Å². The Morgan fingerprint density at radius 2 is 1.86 bits per heavy atom. The van der Waals surface area contributed by atoms with Crippen molar-refractivity contribution < 1.29 is 4.79 Å². The second kappa shape index (κ2) is 5.75. The summed E-state index contributed by atoms with van der Waals surface area (Å²) < 4.78 is 0. The lowest BCUT2D eigenvalue weighted by molar-refractivity contribution is 0.0957. The van der Waals surface area contributed by atoms with Crippen LogP contribution in [0.5, 0.6) is 0 Å². The van der Waals surface area contributed by atoms with Crippen LogP contribution in [-0.2, 0) is 0 Å². The van der Waals surface area contributed by atoms with Gasteiger partial charge in [-0.15, -0.1) is 0 Å². The highest BCUT2D eigenvalue weighted by atomic mass is 35.5. The molecule has 110 valence electrons. The molecule has 1 amide bonds. The second-order valence-corrected chi connectivity index (χ2v) is 6.06. The van der Waals surface area contributed by atoms with Gasteiger partial charge in [-0.25, -0.2) is 0 Å². The summed E-state index contributed by atoms with van der Waals surface area (Å²) in [5, 5.41) is 7.90. The molecule has 1 aromatic carbocycles. The Balaban J connectivity index is 1.67. The lowest BCUT2D eigenvalue weighted by atomic mass is 10.2. The lowest BCUT2D eigenvalue weighted by Gasteiger charge is -2.11. The summed E-state index contributed by atoms with van der Waals surface area (Å²) in [5.74, 6) is 0.132. The first-order valence-electron chi connectivity index (χ1n) is 6.31. The molecule has 1 aromatic heterocycles. The molecule has 0 saturated heterocycles. The number of nitrogens with zero attached hydrogens (tertiary/aromatic N) is 1. The standard InChI is InChI=1S/C13H11Cl3N4O/c14-7-3-8(15)12(9(16)4-7)19-20-13(21)11-5-10(17-18-11)6-1-2-6/h3-6,19H,1-2H2,(H,17,18)(H,20,21). The van der Waals surface area contributed by atoms with E-state index in [0.29, 0.717) is 32.4 Å². The number of halogens is 3. The number of hydrogen-bond donors (Lipinski definition) is 3. The maximum absolute atomic E-state index is 12.0. The van der Waals surface area contributed by atoms with Gasteiger partial charge in [-0.05, 0) is 31.0 Å². The second-order valence-electron chi connectivity index (χ2n) is 4.81. The van der Waals surface area contributed by atoms with E-state index in [2.05, 4.69) is 21.0 Å². The van der Waals surface area contributed by atoms with Crippen molar-refractivity contribution in [3.8, 4) is 0 Å². The Morgan fingerprint density at radius 1 is 1.19 bits per heavy atom. The number of carbonyl (C=O) groups excluding carboxylic acids is 1. The number of benzene rings is 1. The quantitative estimate of drug-likeness (QED) is 0.733. The molecule has 2 aromatic rings. The molecule has 5 nitrogen and oxygen atoms in total. The number of H-pyrrole nitrogens is 1. The van der Waals surface area contributed by atoms with Crippen molar-refractivity contribution in [2.75, 3.05) is 5.43 Å². The van der Waals surface area contributed by atoms with Crippen LogP contribution >= 0.6 is 34.8 Å². The Kier molecular flexibility index (Phi) is 3.97. The normalized spacial score (nSPS) is 14.0. The molecule has 0 spiro atoms. The van der Waals surface area contributed by atoms with Gasteiger partial charge in [0.15, 0.2) is 5.69 Å². The molecule has 1 saturated carbocycles. The molecule has 0 radical (unpaired) electrons. The van der Waals surface area contributed by atoms with Gasteiger partial charge in [-0.2, -0.15) is 5.10 Å². The molecule has 21 heavy (non-hydrogen) atoms. The highest BCUT2D eigenvalue weighted by molar-refractivity contribution is 6.41. The first-order valence-corrected chi connectivity index (χ1v) is 7.44. The summed E-state index contributed by atoms with van der Waals surface area (Å²) in [7, 11) is 0. The third-order valence-corrected chi connectivity index (χ3v) is 3.97. The summed E-state index contributed by atoms with van der Waals surface area (Å²) in [4.78, 5) is 12.0. The van der Waals surface area contributed by atoms with Gasteiger partial charge in [0.1, 0.15) is 0 Å². The summed E-state index contributed by atoms with van der Waals surface area (Å²) >= 11 is 17.8. The molecule has 8 heteroatoms. The number of hydrogen-bond acceptors (Lipinski definition) is 3. The van der Waals surface area contributed by atoms with E-state index < -0.39 is 0 Å². The van der Waals surface area contributed by atoms with E-state index in [1.165, 1.54) is 12.1 Å². The van der Waals surface area contributed by atoms with Gasteiger partial charge in [0.2, 0.25) is 0 Å². The fraction of sp³-hybridized carbons (Fsp3) is 0.231. The van der Waals surface area contributed by atoms with Crippen LogP contribution in [0.25, 0.3) is 0 Å². The van der Waals surface area contributed by atoms with Gasteiger partial charge in [-0.1, -0.05) is 34.8 Å². The predicted molar refractivity (Wildman–Crippen MR) is 83.1 cm³/mol. The van der Waals surface area contributed by atoms with E-state index in [0.717, 1.165) is 18.5 Å². The zero-order valence-electron chi connectivity index (χ0n) is 10.7. The van der Waals surface area contributed by atoms with E-state index in [-0.39, 0.29) is 5.91 Å². The van der Waals surface area contributed by atoms with Crippen LogP contribution in [0.3, 0.4) is 0 Å². The Morgan fingerprint density at radius 3 is 2.48 bits per heavy atom. The first-order chi connectivity index (χ1) is 10.0. The van der Waals surface area contributed by atoms with Crippen molar-refractivity contribution in [2.45, 2.75) is 18.8 Å². The van der Waals surface area contributed by atoms with Gasteiger partial charge < -0.3 is 0 Å². The maximum Gasteiger partial charge on any atom is 0.290 e. The summed E-state index contributed by atoms with van der Waals surface area (Å²) in [6, 6.07) is 4.81. The van der Waals surface area contributed by atoms with Crippen LogP contribution in [0.2, 0.25) is 15.1 Å². The molecule has 1 aliphatic rings. The molecule has 3 rings (SSSR count). The zero-order valence-corrected chi connectivity index (χ0v) is 13.0. The topological polar surface area (TPSA) is 69.8 Å². The van der Waals surface area contributed by atoms with Gasteiger partial charge in [0, 0.05) is 16.6 Å². The Hall–Kier alpha value is -1.43. The molecule has 1 fully saturated rings. The number of hydrazine groups is 1. The van der Waals surface area contributed by atoms with Gasteiger partial charge in [-0.3, -0.25) is 20.7 Å². The maximum atomic E-state index is 12.0. The van der Waals surface area contributed by atoms with E-state index in [1.54, 1.807) is 6.07 Å². The van der Waals surface area contributed by atoms with Crippen molar-refractivity contribution in [1.82, 2.24) is 15.6 Å². The summed E-state index contributed by atoms with van der Waals surface area (Å²) in [6.45, 7) is 0. The predicted octanol–water partition coefficient (Wildman–Crippen LogP) is 4.00. The van der Waals surface area contributed by atoms with E-state index in [4.69, 9.17) is 34.8 Å². The summed E-state index contributed by atoms with van der Waals surface area (Å²) in [5.41, 5.74) is 6.87. The van der Waals surface area contributed by atoms with Crippen molar-refractivity contribution in [2.24, 2.45) is 0 Å². The van der Waals surface area contributed by atoms with Crippen LogP contribution in [0, 0.1) is 0 Å². The SMILES string of the molecule is O=C(NNc1c(Cl)cc(Cl)cc1Cl)c1cc(C2CC2)[nH]n1. The van der Waals surface area contributed by atoms with E-state index in [1.807, 2.05) is 0 Å². The number of nitrogens with one attached hydrogen (secondary N) is 3. The largest absolute Gasteiger partial charge is 0.295 e. The van der Waals surface area contributed by atoms with Crippen molar-refractivity contribution in [3.63, 3.8) is 0 Å². The van der Waals surface area contributed by atoms with E-state index in [9.17, 15) is 4.79 Å². The minimum atomic E-state index is -0.375. The minimum Gasteiger partial charge on any atom is -0.295 e. The Labute approximate surface area is 135 Å². The molecular formula is C13H11Cl3N4O. The molecule has 1 heterocycles. The van der Waals surface area contributed by atoms with Crippen LogP contribution < -0.4 is 10.9 Å². The molecule has 0 aliphatic heterocycles. The van der Waals surface area contributed by atoms with Gasteiger partial charge >= 0.3 is 0 Å². The number of amides is 1. The van der Waals surface area contributed by atoms with Crippen molar-refractivity contribution in [1.29, 1.82) is 0 Å². The smallest absolute Gasteiger partial charge is 0.290 e. The zero-order chi connectivity index (χ0) is 15.0. The van der Waals surface area contributed by atoms with Crippen LogP contribution in [-0.4, -0.2) is 16.1 Å². The number of carbonyl (C=O) groups is 1. The third-order valence-electron chi connectivity index (χ3n) is 3.16. The van der Waals surface area contributed by atoms with Crippen LogP contribution in [0.15, 0.2) is 18.2 Å². The highest BCUT2D eigenvalue weighted by Crippen LogP contribution is 2.39. The fourth-order valence-electron chi connectivity index (χ4n) is 1.90. The lowest BCUT2D eigenvalue weighted by Crippen LogP contribution is -2.29. The Bertz CT molecular complexity index is 673. The monoisotopic (exact) mass is 344 g/mol. The number of aromatic nitrogens is 2. The molecule has 0 bridgehead atoms. The summed E-state index contributed by atoms with van der Waals surface area (Å²) in [6.07, 6.45) is 2.27. The van der Waals surface area contributed by atoms with Crippen molar-refractivity contribution in [3.05, 3.63) is 44.7 Å². The molecule has 0 atom stereocenters. The number of rotatable bonds is 4. The van der Waals surface area contributed by atoms with Crippen LogP contribution in [0.4, 0.5) is 5.69 Å². The molecule has 1 aliphatic carbocycles. The first kappa shape index (κ1) is 14.5. The highest BCUT2D eigenvalue weighted by Gasteiger charge is 2.26. The van der Waals surface area contributed by atoms with Crippen molar-refractivity contribution >= 4 is 46.4 Å². The van der Waals surface area contributed by atoms with E-state index >= 15 is 0 Å².